The molecule has 46 valence electrons. The normalized spacial score (nSPS) is 21.5. The van der Waals surface area contributed by atoms with E-state index in [0.717, 1.165) is 22.8 Å². The van der Waals surface area contributed by atoms with Crippen LogP contribution in [-0.2, 0) is 30.0 Å². The maximum Gasteiger partial charge on any atom is 0.0489 e. The van der Waals surface area contributed by atoms with E-state index in [1.165, 1.54) is 0 Å². The van der Waals surface area contributed by atoms with Crippen molar-refractivity contribution in [2.75, 3.05) is 13.2 Å². The van der Waals surface area contributed by atoms with E-state index >= 15 is 0 Å². The van der Waals surface area contributed by atoms with Gasteiger partial charge in [-0.15, -0.1) is 0 Å². The van der Waals surface area contributed by atoms with Gasteiger partial charge in [0.25, 0.3) is 0 Å². The SMILES string of the molecule is [S-]C1=C([S-])COCC1. The lowest BCUT2D eigenvalue weighted by molar-refractivity contribution is 0.155. The smallest absolute Gasteiger partial charge is 0.0489 e. The third kappa shape index (κ3) is 1.31. The summed E-state index contributed by atoms with van der Waals surface area (Å²) >= 11 is 9.77. The molecule has 0 unspecified atom stereocenters. The van der Waals surface area contributed by atoms with E-state index in [2.05, 4.69) is 0 Å². The predicted molar refractivity (Wildman–Crippen MR) is 37.2 cm³/mol. The minimum absolute atomic E-state index is 0.564. The molecular formula is C5H6OS2-2. The van der Waals surface area contributed by atoms with Crippen molar-refractivity contribution in [1.82, 2.24) is 0 Å². The average Bonchev–Trinajstić information content (AvgIpc) is 1.77. The Morgan fingerprint density at radius 2 is 2.00 bits per heavy atom. The zero-order valence-electron chi connectivity index (χ0n) is 4.35. The van der Waals surface area contributed by atoms with Gasteiger partial charge in [0.15, 0.2) is 0 Å². The van der Waals surface area contributed by atoms with Crippen LogP contribution < -0.4 is 0 Å². The first-order chi connectivity index (χ1) is 3.80. The topological polar surface area (TPSA) is 9.23 Å². The molecule has 3 heteroatoms. The fraction of sp³-hybridized carbons (Fsp3) is 0.600. The molecule has 0 aromatic carbocycles. The van der Waals surface area contributed by atoms with Crippen molar-refractivity contribution < 1.29 is 4.74 Å². The molecule has 0 fully saturated rings. The van der Waals surface area contributed by atoms with Crippen LogP contribution in [0.25, 0.3) is 0 Å². The van der Waals surface area contributed by atoms with E-state index in [0.29, 0.717) is 6.61 Å². The molecule has 8 heavy (non-hydrogen) atoms. The molecule has 0 saturated carbocycles. The number of hydrogen-bond donors (Lipinski definition) is 0. The average molecular weight is 146 g/mol. The Kier molecular flexibility index (Phi) is 2.05. The summed E-state index contributed by atoms with van der Waals surface area (Å²) in [5.41, 5.74) is 0. The van der Waals surface area contributed by atoms with Gasteiger partial charge in [-0.25, -0.2) is 4.91 Å². The predicted octanol–water partition coefficient (Wildman–Crippen LogP) is 0.712. The second-order valence-corrected chi connectivity index (χ2v) is 2.63. The van der Waals surface area contributed by atoms with Crippen LogP contribution in [0.2, 0.25) is 0 Å². The quantitative estimate of drug-likeness (QED) is 0.466. The summed E-state index contributed by atoms with van der Waals surface area (Å²) in [4.78, 5) is 1.72. The summed E-state index contributed by atoms with van der Waals surface area (Å²) in [6.07, 6.45) is 0.841. The van der Waals surface area contributed by atoms with Crippen LogP contribution in [0.5, 0.6) is 0 Å². The summed E-state index contributed by atoms with van der Waals surface area (Å²) in [5, 5.41) is 0. The Morgan fingerprint density at radius 1 is 1.25 bits per heavy atom. The molecule has 1 rings (SSSR count). The molecule has 1 aliphatic heterocycles. The van der Waals surface area contributed by atoms with E-state index in [-0.39, 0.29) is 0 Å². The highest BCUT2D eigenvalue weighted by molar-refractivity contribution is 7.67. The highest BCUT2D eigenvalue weighted by Gasteiger charge is 1.92. The Bertz CT molecular complexity index is 106. The third-order valence-corrected chi connectivity index (χ3v) is 1.96. The van der Waals surface area contributed by atoms with Crippen LogP contribution in [0, 0.1) is 0 Å². The standard InChI is InChI=1S/C5H8OS2/c7-4-1-2-6-3-5(4)8/h7-8H,1-3H2/p-2. The summed E-state index contributed by atoms with van der Waals surface area (Å²) < 4.78 is 5.02. The molecule has 0 spiro atoms. The Labute approximate surface area is 59.9 Å². The number of rotatable bonds is 0. The van der Waals surface area contributed by atoms with Gasteiger partial charge in [0.1, 0.15) is 0 Å². The molecular weight excluding hydrogens is 140 g/mol. The monoisotopic (exact) mass is 146 g/mol. The van der Waals surface area contributed by atoms with Crippen LogP contribution in [-0.4, -0.2) is 13.2 Å². The Balaban J connectivity index is 2.60. The molecule has 0 saturated heterocycles. The Morgan fingerprint density at radius 3 is 2.38 bits per heavy atom. The van der Waals surface area contributed by atoms with Crippen molar-refractivity contribution in [3.63, 3.8) is 0 Å². The third-order valence-electron chi connectivity index (χ3n) is 1.02. The van der Waals surface area contributed by atoms with Crippen molar-refractivity contribution in [2.45, 2.75) is 6.42 Å². The zero-order chi connectivity index (χ0) is 5.98. The Hall–Kier alpha value is 0.140. The lowest BCUT2D eigenvalue weighted by atomic mass is 10.3. The van der Waals surface area contributed by atoms with Crippen molar-refractivity contribution in [3.05, 3.63) is 9.81 Å². The van der Waals surface area contributed by atoms with Gasteiger partial charge in [0.2, 0.25) is 0 Å². The maximum absolute atomic E-state index is 5.02. The van der Waals surface area contributed by atoms with Gasteiger partial charge >= 0.3 is 0 Å². The van der Waals surface area contributed by atoms with E-state index in [1.807, 2.05) is 0 Å². The largest absolute Gasteiger partial charge is 0.785 e. The highest BCUT2D eigenvalue weighted by Crippen LogP contribution is 2.11. The molecule has 0 atom stereocenters. The number of ether oxygens (including phenoxy) is 1. The molecule has 0 N–H and O–H groups in total. The van der Waals surface area contributed by atoms with E-state index in [9.17, 15) is 0 Å². The van der Waals surface area contributed by atoms with Gasteiger partial charge in [0.05, 0.1) is 0 Å². The first-order valence-electron chi connectivity index (χ1n) is 2.44. The summed E-state index contributed by atoms with van der Waals surface area (Å²) in [5.74, 6) is 0. The van der Waals surface area contributed by atoms with Crippen molar-refractivity contribution in [1.29, 1.82) is 0 Å². The van der Waals surface area contributed by atoms with Crippen LogP contribution in [0.4, 0.5) is 0 Å². The van der Waals surface area contributed by atoms with Crippen LogP contribution >= 0.6 is 0 Å². The van der Waals surface area contributed by atoms with E-state index < -0.39 is 0 Å². The van der Waals surface area contributed by atoms with Gasteiger partial charge in [-0.2, -0.15) is 4.91 Å². The second kappa shape index (κ2) is 2.62. The molecule has 0 aromatic rings. The van der Waals surface area contributed by atoms with Gasteiger partial charge in [-0.05, 0) is 6.42 Å². The van der Waals surface area contributed by atoms with E-state index in [1.54, 1.807) is 0 Å². The minimum atomic E-state index is 0.564. The van der Waals surface area contributed by atoms with Crippen LogP contribution in [0.1, 0.15) is 6.42 Å². The first-order valence-corrected chi connectivity index (χ1v) is 3.26. The molecule has 0 radical (unpaired) electrons. The highest BCUT2D eigenvalue weighted by atomic mass is 32.1. The molecule has 1 heterocycles. The molecule has 0 bridgehead atoms. The van der Waals surface area contributed by atoms with Crippen molar-refractivity contribution in [2.24, 2.45) is 0 Å². The summed E-state index contributed by atoms with van der Waals surface area (Å²) in [6.45, 7) is 1.31. The van der Waals surface area contributed by atoms with Crippen molar-refractivity contribution >= 4 is 25.3 Å². The molecule has 0 amide bonds. The lowest BCUT2D eigenvalue weighted by Gasteiger charge is -2.29. The fourth-order valence-corrected chi connectivity index (χ4v) is 0.877. The molecule has 1 nitrogen and oxygen atoms in total. The summed E-state index contributed by atoms with van der Waals surface area (Å²) in [7, 11) is 0. The fourth-order valence-electron chi connectivity index (χ4n) is 0.550. The maximum atomic E-state index is 5.02. The van der Waals surface area contributed by atoms with Crippen LogP contribution in [0.15, 0.2) is 9.81 Å². The minimum Gasteiger partial charge on any atom is -0.785 e. The van der Waals surface area contributed by atoms with Gasteiger partial charge in [-0.3, -0.25) is 0 Å². The van der Waals surface area contributed by atoms with Crippen LogP contribution in [0.3, 0.4) is 0 Å². The van der Waals surface area contributed by atoms with Gasteiger partial charge in [-0.1, -0.05) is 0 Å². The lowest BCUT2D eigenvalue weighted by Crippen LogP contribution is -2.07. The first kappa shape index (κ1) is 6.26. The van der Waals surface area contributed by atoms with Gasteiger partial charge < -0.3 is 30.0 Å². The molecule has 0 aliphatic carbocycles. The van der Waals surface area contributed by atoms with Gasteiger partial charge in [0, 0.05) is 13.2 Å². The molecule has 0 aromatic heterocycles. The number of hydrogen-bond acceptors (Lipinski definition) is 3. The van der Waals surface area contributed by atoms with Crippen molar-refractivity contribution in [3.8, 4) is 0 Å². The molecule has 1 aliphatic rings. The summed E-state index contributed by atoms with van der Waals surface area (Å²) in [6, 6.07) is 0. The van der Waals surface area contributed by atoms with E-state index in [4.69, 9.17) is 30.0 Å². The zero-order valence-corrected chi connectivity index (χ0v) is 5.98. The second-order valence-electron chi connectivity index (χ2n) is 1.65.